The lowest BCUT2D eigenvalue weighted by Gasteiger charge is -2.48. The molecule has 8 nitrogen and oxygen atoms in total. The molecule has 2 heterocycles. The van der Waals surface area contributed by atoms with E-state index in [9.17, 15) is 17.6 Å². The number of aliphatic imine (C=N–C) groups is 1. The fraction of sp³-hybridized carbons (Fsp3) is 0.300. The maximum Gasteiger partial charge on any atom is 0.253 e. The molecule has 0 aliphatic carbocycles. The van der Waals surface area contributed by atoms with Crippen LogP contribution in [0.1, 0.15) is 28.8 Å². The Kier molecular flexibility index (Phi) is 6.01. The molecule has 1 fully saturated rings. The summed E-state index contributed by atoms with van der Waals surface area (Å²) in [5.74, 6) is -0.446. The summed E-state index contributed by atoms with van der Waals surface area (Å²) in [5.41, 5.74) is 6.82. The Morgan fingerprint density at radius 3 is 2.32 bits per heavy atom. The third-order valence-electron chi connectivity index (χ3n) is 5.84. The first kappa shape index (κ1) is 23.0. The highest BCUT2D eigenvalue weighted by Gasteiger charge is 2.43. The van der Waals surface area contributed by atoms with E-state index < -0.39 is 21.5 Å². The highest BCUT2D eigenvalue weighted by Crippen LogP contribution is 2.39. The van der Waals surface area contributed by atoms with Crippen molar-refractivity contribution in [1.82, 2.24) is 4.90 Å². The summed E-state index contributed by atoms with van der Waals surface area (Å²) < 4.78 is 37.0. The normalized spacial score (nSPS) is 17.6. The summed E-state index contributed by atoms with van der Waals surface area (Å²) in [6.45, 7) is 0.864. The van der Waals surface area contributed by atoms with Crippen LogP contribution in [0, 0.1) is 5.82 Å². The van der Waals surface area contributed by atoms with E-state index >= 15 is 0 Å². The Morgan fingerprint density at radius 1 is 1.13 bits per heavy atom. The fourth-order valence-electron chi connectivity index (χ4n) is 4.11. The van der Waals surface area contributed by atoms with Crippen molar-refractivity contribution >= 4 is 39.9 Å². The molecular formula is C20H23ClFN5O3S. The predicted molar refractivity (Wildman–Crippen MR) is 118 cm³/mol. The van der Waals surface area contributed by atoms with E-state index in [1.807, 2.05) is 18.0 Å². The van der Waals surface area contributed by atoms with Crippen LogP contribution in [0.5, 0.6) is 0 Å². The molecule has 0 aromatic heterocycles. The third-order valence-corrected chi connectivity index (χ3v) is 6.77. The molecular weight excluding hydrogens is 445 g/mol. The number of carbonyl (C=O) groups is 1. The molecule has 1 amide bonds. The van der Waals surface area contributed by atoms with Gasteiger partial charge in [0.2, 0.25) is 10.0 Å². The minimum Gasteiger partial charge on any atom is -0.383 e. The van der Waals surface area contributed by atoms with Gasteiger partial charge in [0, 0.05) is 38.5 Å². The summed E-state index contributed by atoms with van der Waals surface area (Å²) in [6.07, 6.45) is 1.06. The summed E-state index contributed by atoms with van der Waals surface area (Å²) in [5, 5.41) is 5.10. The first-order valence-corrected chi connectivity index (χ1v) is 11.0. The number of fused-ring (bicyclic) bond motifs is 1. The number of rotatable bonds is 2. The summed E-state index contributed by atoms with van der Waals surface area (Å²) in [7, 11) is -1.95. The highest BCUT2D eigenvalue weighted by molar-refractivity contribution is 7.89. The smallest absolute Gasteiger partial charge is 0.253 e. The number of likely N-dealkylation sites (tertiary alicyclic amines) is 1. The number of carbonyl (C=O) groups excluding carboxylic acids is 1. The molecule has 1 saturated heterocycles. The van der Waals surface area contributed by atoms with E-state index in [1.54, 1.807) is 11.0 Å². The minimum absolute atomic E-state index is 0. The molecule has 11 heteroatoms. The van der Waals surface area contributed by atoms with Gasteiger partial charge in [0.1, 0.15) is 17.3 Å². The number of halogens is 2. The minimum atomic E-state index is -3.81. The maximum atomic E-state index is 14.2. The Labute approximate surface area is 186 Å². The maximum absolute atomic E-state index is 14.2. The van der Waals surface area contributed by atoms with Crippen LogP contribution >= 0.6 is 12.4 Å². The Hall–Kier alpha value is -2.69. The third kappa shape index (κ3) is 3.98. The molecule has 4 N–H and O–H groups in total. The number of amides is 1. The van der Waals surface area contributed by atoms with Gasteiger partial charge >= 0.3 is 0 Å². The molecule has 4 rings (SSSR count). The molecule has 0 unspecified atom stereocenters. The number of anilines is 1. The van der Waals surface area contributed by atoms with Crippen molar-refractivity contribution in [2.75, 3.05) is 25.0 Å². The van der Waals surface area contributed by atoms with Crippen LogP contribution < -0.4 is 15.8 Å². The fourth-order valence-corrected chi connectivity index (χ4v) is 4.63. The topological polar surface area (TPSA) is 122 Å². The second kappa shape index (κ2) is 8.10. The van der Waals surface area contributed by atoms with Gasteiger partial charge in [0.25, 0.3) is 5.91 Å². The van der Waals surface area contributed by atoms with Gasteiger partial charge in [-0.05, 0) is 36.4 Å². The van der Waals surface area contributed by atoms with Gasteiger partial charge in [-0.25, -0.2) is 22.9 Å². The highest BCUT2D eigenvalue weighted by atomic mass is 35.5. The van der Waals surface area contributed by atoms with Crippen molar-refractivity contribution in [3.05, 3.63) is 59.4 Å². The largest absolute Gasteiger partial charge is 0.383 e. The van der Waals surface area contributed by atoms with Crippen LogP contribution in [0.2, 0.25) is 0 Å². The van der Waals surface area contributed by atoms with Crippen molar-refractivity contribution in [3.63, 3.8) is 0 Å². The van der Waals surface area contributed by atoms with E-state index in [4.69, 9.17) is 10.9 Å². The first-order chi connectivity index (χ1) is 14.1. The standard InChI is InChI=1S/C20H22FN5O3S.ClH/c1-25-16-4-2-3-15(21)17(16)18(22)24-20(25)9-11-26(12-10-20)19(27)13-5-7-14(8-6-13)30(23,28)29;/h2-8H,9-12H2,1H3,(H2,22,24)(H2,23,28,29);1H. The molecule has 2 aromatic rings. The van der Waals surface area contributed by atoms with Gasteiger partial charge in [0.15, 0.2) is 0 Å². The number of primary sulfonamides is 1. The quantitative estimate of drug-likeness (QED) is 0.695. The van der Waals surface area contributed by atoms with Crippen molar-refractivity contribution in [2.45, 2.75) is 23.4 Å². The number of hydrogen-bond donors (Lipinski definition) is 2. The van der Waals surface area contributed by atoms with Crippen LogP contribution in [0.25, 0.3) is 0 Å². The van der Waals surface area contributed by atoms with E-state index in [-0.39, 0.29) is 29.0 Å². The van der Waals surface area contributed by atoms with E-state index in [0.717, 1.165) is 0 Å². The lowest BCUT2D eigenvalue weighted by Crippen LogP contribution is -2.57. The number of benzene rings is 2. The van der Waals surface area contributed by atoms with Crippen LogP contribution in [-0.4, -0.2) is 50.9 Å². The number of nitrogens with two attached hydrogens (primary N) is 2. The average Bonchev–Trinajstić information content (AvgIpc) is 2.71. The number of amidine groups is 1. The van der Waals surface area contributed by atoms with Crippen molar-refractivity contribution in [2.24, 2.45) is 15.9 Å². The molecule has 0 saturated carbocycles. The summed E-state index contributed by atoms with van der Waals surface area (Å²) in [4.78, 5) is 21.0. The molecule has 166 valence electrons. The number of nitrogens with zero attached hydrogens (tertiary/aromatic N) is 3. The number of piperidine rings is 1. The van der Waals surface area contributed by atoms with Crippen LogP contribution in [0.4, 0.5) is 10.1 Å². The molecule has 0 atom stereocenters. The van der Waals surface area contributed by atoms with Crippen molar-refractivity contribution in [3.8, 4) is 0 Å². The zero-order valence-electron chi connectivity index (χ0n) is 16.8. The second-order valence-corrected chi connectivity index (χ2v) is 9.10. The average molecular weight is 468 g/mol. The van der Waals surface area contributed by atoms with Crippen LogP contribution in [0.15, 0.2) is 52.4 Å². The molecule has 2 aromatic carbocycles. The number of hydrogen-bond acceptors (Lipinski definition) is 6. The second-order valence-electron chi connectivity index (χ2n) is 7.53. The van der Waals surface area contributed by atoms with E-state index in [1.165, 1.54) is 30.3 Å². The molecule has 0 bridgehead atoms. The zero-order valence-corrected chi connectivity index (χ0v) is 18.4. The van der Waals surface area contributed by atoms with Gasteiger partial charge in [0.05, 0.1) is 16.1 Å². The monoisotopic (exact) mass is 467 g/mol. The van der Waals surface area contributed by atoms with Gasteiger partial charge in [-0.15, -0.1) is 12.4 Å². The Balaban J connectivity index is 0.00000272. The van der Waals surface area contributed by atoms with E-state index in [2.05, 4.69) is 4.99 Å². The molecule has 0 radical (unpaired) electrons. The van der Waals surface area contributed by atoms with Gasteiger partial charge in [-0.2, -0.15) is 0 Å². The predicted octanol–water partition coefficient (Wildman–Crippen LogP) is 1.68. The Morgan fingerprint density at radius 2 is 1.74 bits per heavy atom. The molecule has 1 spiro atoms. The SMILES string of the molecule is CN1c2cccc(F)c2C(N)=NC12CCN(C(=O)c1ccc(S(N)(=O)=O)cc1)CC2.Cl. The van der Waals surface area contributed by atoms with Crippen molar-refractivity contribution in [1.29, 1.82) is 0 Å². The number of sulfonamides is 1. The molecule has 2 aliphatic heterocycles. The summed E-state index contributed by atoms with van der Waals surface area (Å²) >= 11 is 0. The summed E-state index contributed by atoms with van der Waals surface area (Å²) in [6, 6.07) is 10.4. The van der Waals surface area contributed by atoms with Crippen molar-refractivity contribution < 1.29 is 17.6 Å². The van der Waals surface area contributed by atoms with Gasteiger partial charge in [-0.3, -0.25) is 4.79 Å². The molecule has 31 heavy (non-hydrogen) atoms. The van der Waals surface area contributed by atoms with E-state index in [0.29, 0.717) is 42.7 Å². The van der Waals surface area contributed by atoms with Gasteiger partial charge in [-0.1, -0.05) is 6.07 Å². The first-order valence-electron chi connectivity index (χ1n) is 9.43. The van der Waals surface area contributed by atoms with Gasteiger partial charge < -0.3 is 15.5 Å². The Bertz CT molecular complexity index is 1150. The molecule has 2 aliphatic rings. The lowest BCUT2D eigenvalue weighted by molar-refractivity contribution is 0.0671. The zero-order chi connectivity index (χ0) is 21.7. The van der Waals surface area contributed by atoms with Crippen LogP contribution in [-0.2, 0) is 10.0 Å². The lowest BCUT2D eigenvalue weighted by atomic mass is 9.91. The van der Waals surface area contributed by atoms with Crippen LogP contribution in [0.3, 0.4) is 0 Å².